The van der Waals surface area contributed by atoms with Crippen molar-refractivity contribution in [2.24, 2.45) is 0 Å². The molecule has 4 aromatic rings. The van der Waals surface area contributed by atoms with Crippen LogP contribution in [0.3, 0.4) is 0 Å². The molecule has 6 nitrogen and oxygen atoms in total. The quantitative estimate of drug-likeness (QED) is 0.312. The minimum atomic E-state index is -0.292. The number of aromatic nitrogens is 1. The number of hydrogen-bond acceptors (Lipinski definition) is 5. The lowest BCUT2D eigenvalue weighted by Gasteiger charge is -2.26. The Hall–Kier alpha value is -3.26. The number of ether oxygens (including phenoxy) is 2. The van der Waals surface area contributed by atoms with Crippen LogP contribution in [0.4, 0.5) is 5.69 Å². The number of nitrogens with one attached hydrogen (secondary N) is 1. The lowest BCUT2D eigenvalue weighted by molar-refractivity contribution is 0.174. The lowest BCUT2D eigenvalue weighted by Crippen LogP contribution is -2.29. The molecule has 2 aromatic heterocycles. The van der Waals surface area contributed by atoms with Crippen molar-refractivity contribution in [2.45, 2.75) is 12.1 Å². The molecular formula is C25H17Cl2N3O3S. The predicted octanol–water partition coefficient (Wildman–Crippen LogP) is 6.55. The molecule has 4 heterocycles. The summed E-state index contributed by atoms with van der Waals surface area (Å²) in [6.45, 7) is 0.201. The summed E-state index contributed by atoms with van der Waals surface area (Å²) in [5, 5.41) is 4.95. The fraction of sp³-hybridized carbons (Fsp3) is 0.120. The van der Waals surface area contributed by atoms with Gasteiger partial charge >= 0.3 is 0 Å². The highest BCUT2D eigenvalue weighted by atomic mass is 35.5. The second-order valence-corrected chi connectivity index (χ2v) is 9.07. The number of halogens is 2. The Morgan fingerprint density at radius 1 is 0.941 bits per heavy atom. The van der Waals surface area contributed by atoms with Crippen molar-refractivity contribution in [3.05, 3.63) is 94.4 Å². The van der Waals surface area contributed by atoms with Gasteiger partial charge in [-0.1, -0.05) is 29.3 Å². The fourth-order valence-electron chi connectivity index (χ4n) is 4.27. The van der Waals surface area contributed by atoms with Crippen LogP contribution in [0.5, 0.6) is 11.5 Å². The second kappa shape index (κ2) is 8.51. The summed E-state index contributed by atoms with van der Waals surface area (Å²) in [5.41, 5.74) is 2.54. The molecular weight excluding hydrogens is 493 g/mol. The van der Waals surface area contributed by atoms with Crippen LogP contribution in [0.15, 0.2) is 77.3 Å². The van der Waals surface area contributed by atoms with Gasteiger partial charge in [-0.2, -0.15) is 0 Å². The molecule has 2 atom stereocenters. The number of hydrogen-bond donors (Lipinski definition) is 1. The third-order valence-corrected chi connectivity index (χ3v) is 6.91. The molecule has 170 valence electrons. The van der Waals surface area contributed by atoms with E-state index in [9.17, 15) is 0 Å². The second-order valence-electron chi connectivity index (χ2n) is 7.87. The normalized spacial score (nSPS) is 18.9. The zero-order chi connectivity index (χ0) is 23.2. The molecule has 2 aromatic carbocycles. The van der Waals surface area contributed by atoms with Crippen LogP contribution in [0, 0.1) is 0 Å². The summed E-state index contributed by atoms with van der Waals surface area (Å²) in [7, 11) is 0. The van der Waals surface area contributed by atoms with Gasteiger partial charge in [0.05, 0.1) is 21.8 Å². The first kappa shape index (κ1) is 21.3. The number of fused-ring (bicyclic) bond motifs is 1. The van der Waals surface area contributed by atoms with Gasteiger partial charge in [0, 0.05) is 23.5 Å². The molecule has 0 radical (unpaired) electrons. The van der Waals surface area contributed by atoms with E-state index in [-0.39, 0.29) is 18.9 Å². The molecule has 2 aliphatic rings. The summed E-state index contributed by atoms with van der Waals surface area (Å²) in [6, 6.07) is 20.3. The molecule has 0 aliphatic carbocycles. The first-order chi connectivity index (χ1) is 16.6. The molecule has 6 rings (SSSR count). The standard InChI is InChI=1S/C25H17Cl2N3O3S/c26-16-6-4-14(11-17(16)27)19-8-9-21(33-19)24-23(18-3-1-2-10-28-18)29-25(34)30(24)15-5-7-20-22(12-15)32-13-31-20/h1-12,23-24H,13H2,(H,29,34)/t23-,24+/m0/s1. The summed E-state index contributed by atoms with van der Waals surface area (Å²) in [5.74, 6) is 2.79. The van der Waals surface area contributed by atoms with Crippen molar-refractivity contribution in [3.63, 3.8) is 0 Å². The van der Waals surface area contributed by atoms with Gasteiger partial charge < -0.3 is 24.1 Å². The Morgan fingerprint density at radius 3 is 2.65 bits per heavy atom. The van der Waals surface area contributed by atoms with E-state index in [2.05, 4.69) is 10.3 Å². The van der Waals surface area contributed by atoms with Crippen molar-refractivity contribution in [3.8, 4) is 22.8 Å². The number of benzene rings is 2. The van der Waals surface area contributed by atoms with Crippen molar-refractivity contribution < 1.29 is 13.9 Å². The van der Waals surface area contributed by atoms with Gasteiger partial charge in [0.15, 0.2) is 16.6 Å². The van der Waals surface area contributed by atoms with E-state index in [4.69, 9.17) is 49.3 Å². The molecule has 0 amide bonds. The maximum Gasteiger partial charge on any atom is 0.231 e. The molecule has 34 heavy (non-hydrogen) atoms. The molecule has 1 saturated heterocycles. The molecule has 1 N–H and O–H groups in total. The van der Waals surface area contributed by atoms with Gasteiger partial charge in [-0.25, -0.2) is 0 Å². The van der Waals surface area contributed by atoms with Crippen LogP contribution < -0.4 is 19.7 Å². The van der Waals surface area contributed by atoms with E-state index in [1.807, 2.05) is 59.5 Å². The summed E-state index contributed by atoms with van der Waals surface area (Å²) in [6.07, 6.45) is 1.77. The maximum absolute atomic E-state index is 6.37. The minimum absolute atomic E-state index is 0.201. The topological polar surface area (TPSA) is 59.8 Å². The Balaban J connectivity index is 1.44. The summed E-state index contributed by atoms with van der Waals surface area (Å²) >= 11 is 18.1. The number of rotatable bonds is 4. The average molecular weight is 510 g/mol. The Bertz CT molecular complexity index is 1400. The third-order valence-electron chi connectivity index (χ3n) is 5.85. The van der Waals surface area contributed by atoms with E-state index in [1.165, 1.54) is 0 Å². The zero-order valence-corrected chi connectivity index (χ0v) is 19.9. The third kappa shape index (κ3) is 3.66. The molecule has 0 bridgehead atoms. The van der Waals surface area contributed by atoms with Crippen molar-refractivity contribution in [1.29, 1.82) is 0 Å². The molecule has 0 spiro atoms. The monoisotopic (exact) mass is 509 g/mol. The van der Waals surface area contributed by atoms with Gasteiger partial charge in [0.1, 0.15) is 17.6 Å². The van der Waals surface area contributed by atoms with Gasteiger partial charge in [0.25, 0.3) is 0 Å². The van der Waals surface area contributed by atoms with Crippen LogP contribution in [0.25, 0.3) is 11.3 Å². The SMILES string of the molecule is S=C1N[C@@H](c2ccccn2)[C@@H](c2ccc(-c3ccc(Cl)c(Cl)c3)o2)N1c1ccc2c(c1)OCO2. The number of pyridine rings is 1. The Kier molecular flexibility index (Phi) is 5.32. The highest BCUT2D eigenvalue weighted by Crippen LogP contribution is 2.45. The first-order valence-electron chi connectivity index (χ1n) is 10.5. The highest BCUT2D eigenvalue weighted by Gasteiger charge is 2.43. The molecule has 9 heteroatoms. The largest absolute Gasteiger partial charge is 0.459 e. The molecule has 1 fully saturated rings. The number of furan rings is 1. The van der Waals surface area contributed by atoms with E-state index in [1.54, 1.807) is 18.3 Å². The fourth-order valence-corrected chi connectivity index (χ4v) is 4.92. The van der Waals surface area contributed by atoms with Crippen molar-refractivity contribution in [2.75, 3.05) is 11.7 Å². The van der Waals surface area contributed by atoms with E-state index in [0.717, 1.165) is 22.7 Å². The molecule has 0 saturated carbocycles. The smallest absolute Gasteiger partial charge is 0.231 e. The Labute approximate surface area is 211 Å². The predicted molar refractivity (Wildman–Crippen MR) is 135 cm³/mol. The van der Waals surface area contributed by atoms with E-state index >= 15 is 0 Å². The van der Waals surface area contributed by atoms with Crippen LogP contribution in [-0.2, 0) is 0 Å². The Morgan fingerprint density at radius 2 is 1.82 bits per heavy atom. The molecule has 2 aliphatic heterocycles. The van der Waals surface area contributed by atoms with Crippen LogP contribution >= 0.6 is 35.4 Å². The minimum Gasteiger partial charge on any atom is -0.459 e. The van der Waals surface area contributed by atoms with Gasteiger partial charge in [-0.3, -0.25) is 4.98 Å². The number of nitrogens with zero attached hydrogens (tertiary/aromatic N) is 2. The number of thiocarbonyl (C=S) groups is 1. The van der Waals surface area contributed by atoms with Crippen LogP contribution in [-0.4, -0.2) is 16.9 Å². The summed E-state index contributed by atoms with van der Waals surface area (Å²) in [4.78, 5) is 6.60. The van der Waals surface area contributed by atoms with E-state index < -0.39 is 0 Å². The maximum atomic E-state index is 6.37. The first-order valence-corrected chi connectivity index (χ1v) is 11.7. The zero-order valence-electron chi connectivity index (χ0n) is 17.6. The molecule has 0 unspecified atom stereocenters. The van der Waals surface area contributed by atoms with Gasteiger partial charge in [-0.05, 0) is 66.8 Å². The average Bonchev–Trinajstić information content (AvgIpc) is 3.59. The van der Waals surface area contributed by atoms with Gasteiger partial charge in [-0.15, -0.1) is 0 Å². The van der Waals surface area contributed by atoms with E-state index in [0.29, 0.717) is 32.4 Å². The summed E-state index contributed by atoms with van der Waals surface area (Å²) < 4.78 is 17.4. The lowest BCUT2D eigenvalue weighted by atomic mass is 10.0. The number of anilines is 1. The van der Waals surface area contributed by atoms with Gasteiger partial charge in [0.2, 0.25) is 6.79 Å². The van der Waals surface area contributed by atoms with Crippen LogP contribution in [0.2, 0.25) is 10.0 Å². The van der Waals surface area contributed by atoms with Crippen molar-refractivity contribution >= 4 is 46.2 Å². The van der Waals surface area contributed by atoms with Crippen molar-refractivity contribution in [1.82, 2.24) is 10.3 Å². The van der Waals surface area contributed by atoms with Crippen LogP contribution in [0.1, 0.15) is 23.5 Å². The highest BCUT2D eigenvalue weighted by molar-refractivity contribution is 7.80.